The molecule has 0 aromatic rings. The molecular formula is C11H15N3O3. The summed E-state index contributed by atoms with van der Waals surface area (Å²) in [5.41, 5.74) is 8.11. The van der Waals surface area contributed by atoms with E-state index in [4.69, 9.17) is 19.9 Å². The fourth-order valence-corrected chi connectivity index (χ4v) is 2.14. The van der Waals surface area contributed by atoms with Crippen LogP contribution in [0.3, 0.4) is 0 Å². The van der Waals surface area contributed by atoms with Gasteiger partial charge in [-0.2, -0.15) is 0 Å². The van der Waals surface area contributed by atoms with Crippen LogP contribution in [0.15, 0.2) is 28.1 Å². The lowest BCUT2D eigenvalue weighted by molar-refractivity contribution is 0.0489. The monoisotopic (exact) mass is 237 g/mol. The molecule has 3 aliphatic rings. The van der Waals surface area contributed by atoms with Gasteiger partial charge in [-0.3, -0.25) is 4.99 Å². The molecule has 6 nitrogen and oxygen atoms in total. The van der Waals surface area contributed by atoms with E-state index in [1.807, 2.05) is 6.08 Å². The van der Waals surface area contributed by atoms with E-state index >= 15 is 0 Å². The summed E-state index contributed by atoms with van der Waals surface area (Å²) in [6, 6.07) is -0.239. The molecule has 1 saturated heterocycles. The van der Waals surface area contributed by atoms with Gasteiger partial charge in [-0.1, -0.05) is 0 Å². The molecule has 0 amide bonds. The van der Waals surface area contributed by atoms with Crippen LogP contribution in [0.5, 0.6) is 0 Å². The molecule has 0 spiro atoms. The van der Waals surface area contributed by atoms with Crippen molar-refractivity contribution in [1.29, 1.82) is 0 Å². The minimum Gasteiger partial charge on any atom is -0.469 e. The first-order chi connectivity index (χ1) is 8.34. The third-order valence-corrected chi connectivity index (χ3v) is 3.03. The third-order valence-electron chi connectivity index (χ3n) is 3.03. The Labute approximate surface area is 99.1 Å². The number of hydrogen-bond acceptors (Lipinski definition) is 6. The molecule has 1 fully saturated rings. The van der Waals surface area contributed by atoms with Gasteiger partial charge in [-0.25, -0.2) is 0 Å². The number of hydrogen-bond donors (Lipinski definition) is 2. The van der Waals surface area contributed by atoms with Gasteiger partial charge >= 0.3 is 0 Å². The molecule has 0 aromatic heterocycles. The summed E-state index contributed by atoms with van der Waals surface area (Å²) in [5.74, 6) is 0.856. The van der Waals surface area contributed by atoms with Crippen molar-refractivity contribution in [3.05, 3.63) is 23.1 Å². The van der Waals surface area contributed by atoms with Crippen LogP contribution in [0.2, 0.25) is 0 Å². The maximum Gasteiger partial charge on any atom is 0.189 e. The van der Waals surface area contributed by atoms with E-state index in [9.17, 15) is 0 Å². The highest BCUT2D eigenvalue weighted by molar-refractivity contribution is 5.71. The Morgan fingerprint density at radius 3 is 3.35 bits per heavy atom. The van der Waals surface area contributed by atoms with Gasteiger partial charge in [0.05, 0.1) is 6.04 Å². The van der Waals surface area contributed by atoms with Crippen LogP contribution in [0.1, 0.15) is 6.42 Å². The first-order valence-electron chi connectivity index (χ1n) is 5.61. The van der Waals surface area contributed by atoms with E-state index in [-0.39, 0.29) is 12.1 Å². The van der Waals surface area contributed by atoms with Crippen LogP contribution in [0.4, 0.5) is 0 Å². The molecular weight excluding hydrogens is 222 g/mol. The Morgan fingerprint density at radius 1 is 1.47 bits per heavy atom. The van der Waals surface area contributed by atoms with Crippen LogP contribution in [0, 0.1) is 0 Å². The van der Waals surface area contributed by atoms with Crippen LogP contribution in [-0.4, -0.2) is 38.6 Å². The van der Waals surface area contributed by atoms with Crippen LogP contribution >= 0.6 is 0 Å². The second-order valence-electron chi connectivity index (χ2n) is 4.11. The molecule has 2 unspecified atom stereocenters. The molecule has 2 heterocycles. The Balaban J connectivity index is 1.92. The fourth-order valence-electron chi connectivity index (χ4n) is 2.14. The van der Waals surface area contributed by atoms with Gasteiger partial charge in [0.2, 0.25) is 0 Å². The maximum absolute atomic E-state index is 6.07. The average molecular weight is 237 g/mol. The Hall–Kier alpha value is -1.37. The zero-order valence-corrected chi connectivity index (χ0v) is 9.39. The van der Waals surface area contributed by atoms with E-state index in [0.29, 0.717) is 20.3 Å². The van der Waals surface area contributed by atoms with E-state index < -0.39 is 0 Å². The van der Waals surface area contributed by atoms with Crippen LogP contribution in [0.25, 0.3) is 0 Å². The summed E-state index contributed by atoms with van der Waals surface area (Å²) in [4.78, 5) is 4.10. The van der Waals surface area contributed by atoms with Crippen molar-refractivity contribution in [2.45, 2.75) is 18.6 Å². The molecule has 17 heavy (non-hydrogen) atoms. The molecule has 1 aliphatic carbocycles. The van der Waals surface area contributed by atoms with Gasteiger partial charge in [0, 0.05) is 18.3 Å². The summed E-state index contributed by atoms with van der Waals surface area (Å²) in [7, 11) is 0. The predicted octanol–water partition coefficient (Wildman–Crippen LogP) is -0.166. The van der Waals surface area contributed by atoms with Crippen molar-refractivity contribution in [3.63, 3.8) is 0 Å². The minimum atomic E-state index is -0.239. The first-order valence-corrected chi connectivity index (χ1v) is 5.61. The molecule has 3 rings (SSSR count). The molecule has 0 aromatic carbocycles. The molecule has 0 saturated carbocycles. The summed E-state index contributed by atoms with van der Waals surface area (Å²) in [6.07, 6.45) is 4.40. The summed E-state index contributed by atoms with van der Waals surface area (Å²) in [6.45, 7) is 1.07. The number of nitrogens with one attached hydrogen (secondary N) is 1. The number of ether oxygens (including phenoxy) is 3. The summed E-state index contributed by atoms with van der Waals surface area (Å²) < 4.78 is 16.1. The zero-order valence-electron chi connectivity index (χ0n) is 9.39. The summed E-state index contributed by atoms with van der Waals surface area (Å²) in [5, 5.41) is 3.22. The Bertz CT molecular complexity index is 403. The second kappa shape index (κ2) is 4.48. The fraction of sp³-hybridized carbons (Fsp3) is 0.545. The van der Waals surface area contributed by atoms with Gasteiger partial charge in [0.15, 0.2) is 6.79 Å². The topological polar surface area (TPSA) is 78.1 Å². The molecule has 2 aliphatic heterocycles. The Morgan fingerprint density at radius 2 is 2.41 bits per heavy atom. The number of aliphatic imine (C=N–C) groups is 1. The lowest BCUT2D eigenvalue weighted by Gasteiger charge is -2.23. The lowest BCUT2D eigenvalue weighted by atomic mass is 9.95. The quantitative estimate of drug-likeness (QED) is 0.612. The van der Waals surface area contributed by atoms with Crippen LogP contribution in [-0.2, 0) is 14.2 Å². The van der Waals surface area contributed by atoms with Gasteiger partial charge in [-0.15, -0.1) is 0 Å². The molecule has 3 N–H and O–H groups in total. The normalized spacial score (nSPS) is 34.3. The SMILES string of the molecule is NC1/C=N\COCNC2=C1C=C1OCOC1C2. The number of rotatable bonds is 0. The molecule has 2 atom stereocenters. The standard InChI is InChI=1S/C11H15N3O3/c12-8-3-13-4-15-5-14-9-2-11-10(1-7(8)9)16-6-17-11/h1,3,8,11,14H,2,4-6,12H2/b13-3-. The highest BCUT2D eigenvalue weighted by Crippen LogP contribution is 2.30. The molecule has 92 valence electrons. The molecule has 6 heteroatoms. The Kier molecular flexibility index (Phi) is 2.84. The van der Waals surface area contributed by atoms with Gasteiger partial charge in [0.1, 0.15) is 25.3 Å². The largest absolute Gasteiger partial charge is 0.469 e. The second-order valence-corrected chi connectivity index (χ2v) is 4.11. The smallest absolute Gasteiger partial charge is 0.189 e. The van der Waals surface area contributed by atoms with Gasteiger partial charge in [0.25, 0.3) is 0 Å². The van der Waals surface area contributed by atoms with Crippen molar-refractivity contribution in [2.24, 2.45) is 10.7 Å². The van der Waals surface area contributed by atoms with E-state index in [1.165, 1.54) is 0 Å². The maximum atomic E-state index is 6.07. The number of fused-ring (bicyclic) bond motifs is 1. The predicted molar refractivity (Wildman–Crippen MR) is 61.0 cm³/mol. The average Bonchev–Trinajstić information content (AvgIpc) is 2.80. The van der Waals surface area contributed by atoms with E-state index in [0.717, 1.165) is 23.5 Å². The van der Waals surface area contributed by atoms with E-state index in [1.54, 1.807) is 6.21 Å². The van der Waals surface area contributed by atoms with Crippen molar-refractivity contribution in [2.75, 3.05) is 20.3 Å². The minimum absolute atomic E-state index is 0.00569. The van der Waals surface area contributed by atoms with Gasteiger partial charge in [-0.05, 0) is 11.6 Å². The van der Waals surface area contributed by atoms with Crippen LogP contribution < -0.4 is 11.1 Å². The highest BCUT2D eigenvalue weighted by Gasteiger charge is 2.31. The third kappa shape index (κ3) is 2.06. The summed E-state index contributed by atoms with van der Waals surface area (Å²) >= 11 is 0. The van der Waals surface area contributed by atoms with Crippen molar-refractivity contribution in [1.82, 2.24) is 5.32 Å². The highest BCUT2D eigenvalue weighted by atomic mass is 16.7. The first kappa shape index (κ1) is 10.8. The van der Waals surface area contributed by atoms with E-state index in [2.05, 4.69) is 10.3 Å². The number of nitrogens with two attached hydrogens (primary N) is 1. The number of nitrogens with zero attached hydrogens (tertiary/aromatic N) is 1. The lowest BCUT2D eigenvalue weighted by Crippen LogP contribution is -2.32. The molecule has 0 radical (unpaired) electrons. The molecule has 0 bridgehead atoms. The van der Waals surface area contributed by atoms with Crippen molar-refractivity contribution >= 4 is 6.21 Å². The van der Waals surface area contributed by atoms with Gasteiger partial charge < -0.3 is 25.3 Å². The van der Waals surface area contributed by atoms with Crippen molar-refractivity contribution < 1.29 is 14.2 Å². The van der Waals surface area contributed by atoms with Crippen molar-refractivity contribution in [3.8, 4) is 0 Å². The zero-order chi connectivity index (χ0) is 11.7.